The minimum Gasteiger partial charge on any atom is -0.494 e. The van der Waals surface area contributed by atoms with Crippen molar-refractivity contribution in [1.82, 2.24) is 10.6 Å². The van der Waals surface area contributed by atoms with Gasteiger partial charge in [0.15, 0.2) is 0 Å². The zero-order valence-corrected chi connectivity index (χ0v) is 18.3. The molecule has 5 heteroatoms. The maximum Gasteiger partial charge on any atom is 0.227 e. The van der Waals surface area contributed by atoms with Gasteiger partial charge in [0, 0.05) is 36.7 Å². The van der Waals surface area contributed by atoms with Gasteiger partial charge in [-0.25, -0.2) is 0 Å². The summed E-state index contributed by atoms with van der Waals surface area (Å²) in [5.41, 5.74) is 4.59. The molecule has 0 bridgehead atoms. The standard InChI is InChI=1S/C25H33N3O2/c1-17(2)28-22(29)14-13-19-11-12-20(25(30-3)24(19)28)16-27-21-10-7-15-26-23(21)18-8-5-4-6-9-18/h4-6,8-9,11-12,17,21,23,26-27H,7,10,13-16H2,1-3H3/t21-,23-/m0/s1. The molecule has 4 rings (SSSR count). The predicted octanol–water partition coefficient (Wildman–Crippen LogP) is 3.97. The first-order chi connectivity index (χ1) is 14.6. The Morgan fingerprint density at radius 1 is 1.17 bits per heavy atom. The van der Waals surface area contributed by atoms with E-state index in [9.17, 15) is 4.79 Å². The van der Waals surface area contributed by atoms with Crippen LogP contribution < -0.4 is 20.3 Å². The summed E-state index contributed by atoms with van der Waals surface area (Å²) < 4.78 is 5.87. The van der Waals surface area contributed by atoms with E-state index in [0.717, 1.165) is 42.8 Å². The average molecular weight is 408 g/mol. The Labute approximate surface area is 179 Å². The summed E-state index contributed by atoms with van der Waals surface area (Å²) in [4.78, 5) is 14.5. The van der Waals surface area contributed by atoms with Crippen molar-refractivity contribution in [3.63, 3.8) is 0 Å². The lowest BCUT2D eigenvalue weighted by Crippen LogP contribution is -2.45. The highest BCUT2D eigenvalue weighted by Crippen LogP contribution is 2.40. The van der Waals surface area contributed by atoms with E-state index in [0.29, 0.717) is 25.0 Å². The van der Waals surface area contributed by atoms with Crippen LogP contribution in [0.4, 0.5) is 5.69 Å². The molecule has 30 heavy (non-hydrogen) atoms. The monoisotopic (exact) mass is 407 g/mol. The number of fused-ring (bicyclic) bond motifs is 1. The molecule has 2 aromatic carbocycles. The maximum absolute atomic E-state index is 12.6. The molecule has 1 amide bonds. The van der Waals surface area contributed by atoms with Crippen LogP contribution in [-0.2, 0) is 17.8 Å². The fourth-order valence-corrected chi connectivity index (χ4v) is 4.88. The van der Waals surface area contributed by atoms with Gasteiger partial charge in [-0.05, 0) is 50.8 Å². The number of anilines is 1. The zero-order valence-electron chi connectivity index (χ0n) is 18.3. The summed E-state index contributed by atoms with van der Waals surface area (Å²) in [6, 6.07) is 15.8. The summed E-state index contributed by atoms with van der Waals surface area (Å²) in [7, 11) is 1.71. The smallest absolute Gasteiger partial charge is 0.227 e. The molecule has 2 aliphatic heterocycles. The molecule has 5 nitrogen and oxygen atoms in total. The number of benzene rings is 2. The average Bonchev–Trinajstić information content (AvgIpc) is 2.77. The van der Waals surface area contributed by atoms with Gasteiger partial charge in [-0.1, -0.05) is 42.5 Å². The fourth-order valence-electron chi connectivity index (χ4n) is 4.88. The van der Waals surface area contributed by atoms with E-state index in [1.165, 1.54) is 11.1 Å². The Balaban J connectivity index is 1.58. The Morgan fingerprint density at radius 2 is 1.97 bits per heavy atom. The molecule has 0 aliphatic carbocycles. The van der Waals surface area contributed by atoms with Crippen molar-refractivity contribution in [2.45, 2.75) is 64.2 Å². The molecular formula is C25H33N3O2. The third-order valence-corrected chi connectivity index (χ3v) is 6.31. The van der Waals surface area contributed by atoms with Gasteiger partial charge in [-0.3, -0.25) is 4.79 Å². The first-order valence-electron chi connectivity index (χ1n) is 11.1. The third-order valence-electron chi connectivity index (χ3n) is 6.31. The van der Waals surface area contributed by atoms with Gasteiger partial charge >= 0.3 is 0 Å². The number of amides is 1. The largest absolute Gasteiger partial charge is 0.494 e. The molecule has 0 spiro atoms. The van der Waals surface area contributed by atoms with Gasteiger partial charge in [-0.15, -0.1) is 0 Å². The molecule has 1 fully saturated rings. The molecule has 2 atom stereocenters. The van der Waals surface area contributed by atoms with E-state index in [1.54, 1.807) is 7.11 Å². The van der Waals surface area contributed by atoms with E-state index in [-0.39, 0.29) is 11.9 Å². The number of rotatable bonds is 6. The van der Waals surface area contributed by atoms with E-state index in [4.69, 9.17) is 4.74 Å². The minimum absolute atomic E-state index is 0.110. The molecule has 1 saturated heterocycles. The van der Waals surface area contributed by atoms with Gasteiger partial charge < -0.3 is 20.3 Å². The van der Waals surface area contributed by atoms with Crippen LogP contribution in [0.15, 0.2) is 42.5 Å². The van der Waals surface area contributed by atoms with Crippen molar-refractivity contribution in [3.8, 4) is 5.75 Å². The Morgan fingerprint density at radius 3 is 2.70 bits per heavy atom. The molecule has 2 aromatic rings. The third kappa shape index (κ3) is 4.09. The van der Waals surface area contributed by atoms with Crippen molar-refractivity contribution in [3.05, 3.63) is 59.2 Å². The Kier molecular flexibility index (Phi) is 6.40. The molecule has 2 N–H and O–H groups in total. The summed E-state index contributed by atoms with van der Waals surface area (Å²) in [5.74, 6) is 1.02. The van der Waals surface area contributed by atoms with Gasteiger partial charge in [0.2, 0.25) is 5.91 Å². The first kappa shape index (κ1) is 20.9. The topological polar surface area (TPSA) is 53.6 Å². The molecule has 0 saturated carbocycles. The summed E-state index contributed by atoms with van der Waals surface area (Å²) in [6.45, 7) is 5.89. The lowest BCUT2D eigenvalue weighted by atomic mass is 9.92. The second-order valence-corrected chi connectivity index (χ2v) is 8.60. The molecule has 160 valence electrons. The number of hydrogen-bond acceptors (Lipinski definition) is 4. The zero-order chi connectivity index (χ0) is 21.1. The van der Waals surface area contributed by atoms with E-state index in [1.807, 2.05) is 4.90 Å². The summed E-state index contributed by atoms with van der Waals surface area (Å²) in [6.07, 6.45) is 3.65. The van der Waals surface area contributed by atoms with E-state index >= 15 is 0 Å². The van der Waals surface area contributed by atoms with Crippen LogP contribution in [-0.4, -0.2) is 31.6 Å². The number of ether oxygens (including phenoxy) is 1. The van der Waals surface area contributed by atoms with Crippen molar-refractivity contribution < 1.29 is 9.53 Å². The molecular weight excluding hydrogens is 374 g/mol. The van der Waals surface area contributed by atoms with Crippen LogP contribution in [0.25, 0.3) is 0 Å². The highest BCUT2D eigenvalue weighted by atomic mass is 16.5. The summed E-state index contributed by atoms with van der Waals surface area (Å²) in [5, 5.41) is 7.46. The quantitative estimate of drug-likeness (QED) is 0.761. The van der Waals surface area contributed by atoms with Crippen LogP contribution in [0.1, 0.15) is 55.8 Å². The number of nitrogens with zero attached hydrogens (tertiary/aromatic N) is 1. The summed E-state index contributed by atoms with van der Waals surface area (Å²) >= 11 is 0. The Bertz CT molecular complexity index is 881. The number of methoxy groups -OCH3 is 1. The Hall–Kier alpha value is -2.37. The molecule has 2 heterocycles. The number of nitrogens with one attached hydrogen (secondary N) is 2. The first-order valence-corrected chi connectivity index (χ1v) is 11.1. The van der Waals surface area contributed by atoms with Crippen LogP contribution >= 0.6 is 0 Å². The van der Waals surface area contributed by atoms with Crippen LogP contribution in [0.5, 0.6) is 5.75 Å². The normalized spacial score (nSPS) is 21.6. The number of carbonyl (C=O) groups excluding carboxylic acids is 1. The van der Waals surface area contributed by atoms with Gasteiger partial charge in [0.1, 0.15) is 5.75 Å². The lowest BCUT2D eigenvalue weighted by Gasteiger charge is -2.36. The number of aryl methyl sites for hydroxylation is 1. The van der Waals surface area contributed by atoms with Crippen LogP contribution in [0.2, 0.25) is 0 Å². The highest BCUT2D eigenvalue weighted by Gasteiger charge is 2.31. The molecule has 0 unspecified atom stereocenters. The number of hydrogen-bond donors (Lipinski definition) is 2. The second kappa shape index (κ2) is 9.19. The minimum atomic E-state index is 0.110. The van der Waals surface area contributed by atoms with E-state index in [2.05, 4.69) is 66.9 Å². The number of carbonyl (C=O) groups is 1. The van der Waals surface area contributed by atoms with Crippen molar-refractivity contribution in [1.29, 1.82) is 0 Å². The molecule has 0 radical (unpaired) electrons. The number of piperidine rings is 1. The second-order valence-electron chi connectivity index (χ2n) is 8.60. The highest BCUT2D eigenvalue weighted by molar-refractivity contribution is 5.99. The maximum atomic E-state index is 12.6. The van der Waals surface area contributed by atoms with Crippen LogP contribution in [0.3, 0.4) is 0 Å². The molecule has 0 aromatic heterocycles. The predicted molar refractivity (Wildman–Crippen MR) is 121 cm³/mol. The van der Waals surface area contributed by atoms with E-state index < -0.39 is 0 Å². The SMILES string of the molecule is COc1c(CN[C@H]2CCCN[C@H]2c2ccccc2)ccc2c1N(C(C)C)C(=O)CC2. The fraction of sp³-hybridized carbons (Fsp3) is 0.480. The van der Waals surface area contributed by atoms with Crippen molar-refractivity contribution in [2.24, 2.45) is 0 Å². The lowest BCUT2D eigenvalue weighted by molar-refractivity contribution is -0.119. The van der Waals surface area contributed by atoms with Crippen LogP contribution in [0, 0.1) is 0 Å². The van der Waals surface area contributed by atoms with Crippen molar-refractivity contribution >= 4 is 11.6 Å². The van der Waals surface area contributed by atoms with Gasteiger partial charge in [0.05, 0.1) is 12.8 Å². The van der Waals surface area contributed by atoms with Crippen molar-refractivity contribution in [2.75, 3.05) is 18.6 Å². The molecule has 2 aliphatic rings. The van der Waals surface area contributed by atoms with Gasteiger partial charge in [-0.2, -0.15) is 0 Å². The van der Waals surface area contributed by atoms with Gasteiger partial charge in [0.25, 0.3) is 0 Å².